The van der Waals surface area contributed by atoms with Crippen molar-refractivity contribution in [3.8, 4) is 10.6 Å². The van der Waals surface area contributed by atoms with E-state index in [-0.39, 0.29) is 18.6 Å². The summed E-state index contributed by atoms with van der Waals surface area (Å²) in [6.07, 6.45) is -0.937. The molecular weight excluding hydrogens is 360 g/mol. The van der Waals surface area contributed by atoms with Crippen LogP contribution < -0.4 is 17.0 Å². The minimum Gasteiger partial charge on any atom is -0.399 e. The van der Waals surface area contributed by atoms with Crippen molar-refractivity contribution < 1.29 is 14.9 Å². The molecule has 26 heavy (non-hydrogen) atoms. The van der Waals surface area contributed by atoms with Crippen LogP contribution in [0.5, 0.6) is 0 Å². The number of hydrogen-bond acceptors (Lipinski definition) is 8. The highest BCUT2D eigenvalue weighted by atomic mass is 32.1. The van der Waals surface area contributed by atoms with E-state index in [1.807, 2.05) is 0 Å². The van der Waals surface area contributed by atoms with E-state index in [0.29, 0.717) is 16.2 Å². The van der Waals surface area contributed by atoms with Gasteiger partial charge < -0.3 is 20.7 Å². The molecule has 0 unspecified atom stereocenters. The minimum atomic E-state index is -0.891. The second-order valence-electron chi connectivity index (χ2n) is 6.07. The molecule has 3 atom stereocenters. The molecule has 10 heteroatoms. The zero-order chi connectivity index (χ0) is 18.4. The lowest BCUT2D eigenvalue weighted by molar-refractivity contribution is -0.0458. The van der Waals surface area contributed by atoms with Crippen LogP contribution >= 0.6 is 11.3 Å². The van der Waals surface area contributed by atoms with E-state index >= 15 is 0 Å². The number of aliphatic hydroxyl groups excluding tert-OH is 2. The number of fused-ring (bicyclic) bond motifs is 1. The number of rotatable bonds is 3. The van der Waals surface area contributed by atoms with Gasteiger partial charge in [0.1, 0.15) is 17.3 Å². The summed E-state index contributed by atoms with van der Waals surface area (Å²) >= 11 is 1.28. The van der Waals surface area contributed by atoms with Gasteiger partial charge in [-0.2, -0.15) is 0 Å². The molecule has 1 fully saturated rings. The number of benzene rings is 1. The highest BCUT2D eigenvalue weighted by Crippen LogP contribution is 2.31. The topological polar surface area (TPSA) is 143 Å². The Hall–Kier alpha value is -2.53. The Morgan fingerprint density at radius 2 is 2.23 bits per heavy atom. The number of nitrogens with two attached hydrogens (primary N) is 1. The molecule has 0 saturated carbocycles. The first kappa shape index (κ1) is 16.9. The largest absolute Gasteiger partial charge is 0.399 e. The van der Waals surface area contributed by atoms with E-state index in [9.17, 15) is 19.8 Å². The Morgan fingerprint density at radius 1 is 1.42 bits per heavy atom. The standard InChI is InChI=1S/C16H16N4O5S/c17-7-1-2-9-12(3-7)26-15(18-9)8-5-20(16(24)19-14(8)23)13-4-10(22)11(6-21)25-13/h1-3,5,10-11,13,21-22H,4,6,17H2,(H,19,23,24)/t10-,11+,13+/m0/s1. The summed E-state index contributed by atoms with van der Waals surface area (Å²) in [6, 6.07) is 5.25. The van der Waals surface area contributed by atoms with Crippen LogP contribution in [0.25, 0.3) is 20.8 Å². The zero-order valence-corrected chi connectivity index (χ0v) is 14.3. The fraction of sp³-hybridized carbons (Fsp3) is 0.312. The maximum absolute atomic E-state index is 12.3. The molecule has 1 saturated heterocycles. The van der Waals surface area contributed by atoms with E-state index in [2.05, 4.69) is 9.97 Å². The molecule has 136 valence electrons. The molecule has 0 aliphatic carbocycles. The molecule has 1 aliphatic rings. The molecule has 4 rings (SSSR count). The van der Waals surface area contributed by atoms with Crippen LogP contribution in [0.3, 0.4) is 0 Å². The fourth-order valence-electron chi connectivity index (χ4n) is 2.96. The van der Waals surface area contributed by atoms with E-state index in [4.69, 9.17) is 10.5 Å². The van der Waals surface area contributed by atoms with Gasteiger partial charge in [0.25, 0.3) is 5.56 Å². The minimum absolute atomic E-state index is 0.132. The maximum Gasteiger partial charge on any atom is 0.330 e. The number of nitrogens with zero attached hydrogens (tertiary/aromatic N) is 2. The van der Waals surface area contributed by atoms with Crippen molar-refractivity contribution in [2.75, 3.05) is 12.3 Å². The fourth-order valence-corrected chi connectivity index (χ4v) is 3.98. The molecule has 0 amide bonds. The van der Waals surface area contributed by atoms with Gasteiger partial charge in [-0.1, -0.05) is 0 Å². The highest BCUT2D eigenvalue weighted by molar-refractivity contribution is 7.21. The monoisotopic (exact) mass is 376 g/mol. The van der Waals surface area contributed by atoms with Crippen molar-refractivity contribution in [1.29, 1.82) is 0 Å². The Bertz CT molecular complexity index is 1090. The lowest BCUT2D eigenvalue weighted by Gasteiger charge is -2.14. The van der Waals surface area contributed by atoms with Crippen molar-refractivity contribution in [3.63, 3.8) is 0 Å². The van der Waals surface area contributed by atoms with Crippen LogP contribution in [0, 0.1) is 0 Å². The lowest BCUT2D eigenvalue weighted by Crippen LogP contribution is -2.33. The SMILES string of the molecule is Nc1ccc2nc(-c3cn([C@H]4C[C@H](O)[C@@H](CO)O4)c(=O)[nH]c3=O)sc2c1. The molecule has 1 aromatic carbocycles. The highest BCUT2D eigenvalue weighted by Gasteiger charge is 2.35. The Balaban J connectivity index is 1.79. The molecule has 5 N–H and O–H groups in total. The van der Waals surface area contributed by atoms with Crippen LogP contribution in [0.4, 0.5) is 5.69 Å². The van der Waals surface area contributed by atoms with E-state index in [1.54, 1.807) is 18.2 Å². The van der Waals surface area contributed by atoms with Gasteiger partial charge in [0, 0.05) is 18.3 Å². The second-order valence-corrected chi connectivity index (χ2v) is 7.10. The molecule has 1 aliphatic heterocycles. The summed E-state index contributed by atoms with van der Waals surface area (Å²) in [7, 11) is 0. The van der Waals surface area contributed by atoms with Crippen molar-refractivity contribution in [2.45, 2.75) is 24.9 Å². The van der Waals surface area contributed by atoms with E-state index < -0.39 is 29.7 Å². The van der Waals surface area contributed by atoms with Crippen LogP contribution in [0.15, 0.2) is 34.0 Å². The molecule has 3 heterocycles. The summed E-state index contributed by atoms with van der Waals surface area (Å²) < 4.78 is 7.53. The van der Waals surface area contributed by atoms with Crippen LogP contribution in [0.2, 0.25) is 0 Å². The van der Waals surface area contributed by atoms with Crippen molar-refractivity contribution in [3.05, 3.63) is 45.2 Å². The summed E-state index contributed by atoms with van der Waals surface area (Å²) in [5, 5.41) is 19.5. The predicted octanol–water partition coefficient (Wildman–Crippen LogP) is 0.0362. The first-order valence-electron chi connectivity index (χ1n) is 7.92. The molecule has 0 radical (unpaired) electrons. The van der Waals surface area contributed by atoms with Gasteiger partial charge in [-0.25, -0.2) is 9.78 Å². The van der Waals surface area contributed by atoms with Gasteiger partial charge in [0.15, 0.2) is 0 Å². The molecule has 0 spiro atoms. The third-order valence-corrected chi connectivity index (χ3v) is 5.36. The number of aromatic amines is 1. The van der Waals surface area contributed by atoms with Crippen LogP contribution in [0.1, 0.15) is 12.6 Å². The van der Waals surface area contributed by atoms with Gasteiger partial charge in [0.05, 0.1) is 28.5 Å². The summed E-state index contributed by atoms with van der Waals surface area (Å²) in [5.74, 6) is 0. The predicted molar refractivity (Wildman–Crippen MR) is 96.0 cm³/mol. The molecule has 2 aromatic heterocycles. The third-order valence-electron chi connectivity index (χ3n) is 4.31. The quantitative estimate of drug-likeness (QED) is 0.472. The average Bonchev–Trinajstić information content (AvgIpc) is 3.17. The number of aromatic nitrogens is 3. The average molecular weight is 376 g/mol. The smallest absolute Gasteiger partial charge is 0.330 e. The van der Waals surface area contributed by atoms with Crippen molar-refractivity contribution in [2.24, 2.45) is 0 Å². The van der Waals surface area contributed by atoms with Gasteiger partial charge in [0.2, 0.25) is 0 Å². The Labute approximate surface area is 150 Å². The van der Waals surface area contributed by atoms with Crippen LogP contribution in [-0.4, -0.2) is 43.6 Å². The van der Waals surface area contributed by atoms with Crippen LogP contribution in [-0.2, 0) is 4.74 Å². The van der Waals surface area contributed by atoms with Crippen molar-refractivity contribution >= 4 is 27.2 Å². The van der Waals surface area contributed by atoms with Gasteiger partial charge >= 0.3 is 5.69 Å². The summed E-state index contributed by atoms with van der Waals surface area (Å²) in [4.78, 5) is 31.1. The maximum atomic E-state index is 12.3. The molecular formula is C16H16N4O5S. The number of nitrogen functional groups attached to an aromatic ring is 1. The third kappa shape index (κ3) is 2.82. The number of nitrogens with one attached hydrogen (secondary N) is 1. The molecule has 3 aromatic rings. The normalized spacial score (nSPS) is 22.9. The van der Waals surface area contributed by atoms with Gasteiger partial charge in [-0.05, 0) is 18.2 Å². The Morgan fingerprint density at radius 3 is 2.96 bits per heavy atom. The number of H-pyrrole nitrogens is 1. The summed E-state index contributed by atoms with van der Waals surface area (Å²) in [5.41, 5.74) is 6.07. The molecule has 0 bridgehead atoms. The summed E-state index contributed by atoms with van der Waals surface area (Å²) in [6.45, 7) is -0.359. The van der Waals surface area contributed by atoms with E-state index in [1.165, 1.54) is 22.1 Å². The number of ether oxygens (including phenoxy) is 1. The van der Waals surface area contributed by atoms with Gasteiger partial charge in [-0.15, -0.1) is 11.3 Å². The first-order chi connectivity index (χ1) is 12.5. The number of thiazole rings is 1. The molecule has 9 nitrogen and oxygen atoms in total. The number of anilines is 1. The Kier molecular flexibility index (Phi) is 4.11. The first-order valence-corrected chi connectivity index (χ1v) is 8.74. The lowest BCUT2D eigenvalue weighted by atomic mass is 10.2. The number of hydrogen-bond donors (Lipinski definition) is 4. The van der Waals surface area contributed by atoms with Crippen molar-refractivity contribution in [1.82, 2.24) is 14.5 Å². The second kappa shape index (κ2) is 6.32. The van der Waals surface area contributed by atoms with E-state index in [0.717, 1.165) is 4.70 Å². The van der Waals surface area contributed by atoms with Gasteiger partial charge in [-0.3, -0.25) is 14.3 Å². The zero-order valence-electron chi connectivity index (χ0n) is 13.5. The number of aliphatic hydroxyl groups is 2.